The normalized spacial score (nSPS) is 25.0. The molecule has 3 aliphatic rings. The molecule has 4 rings (SSSR count). The van der Waals surface area contributed by atoms with Crippen molar-refractivity contribution in [2.45, 2.75) is 31.7 Å². The molecule has 4 heterocycles. The molecule has 3 aliphatic heterocycles. The fraction of sp³-hybridized carbons (Fsp3) is 0.682. The lowest BCUT2D eigenvalue weighted by Crippen LogP contribution is -2.54. The van der Waals surface area contributed by atoms with Gasteiger partial charge < -0.3 is 14.7 Å². The molecule has 156 valence electrons. The maximum atomic E-state index is 13.0. The second-order valence-electron chi connectivity index (χ2n) is 8.70. The Bertz CT molecular complexity index is 746. The van der Waals surface area contributed by atoms with Gasteiger partial charge in [0.25, 0.3) is 0 Å². The highest BCUT2D eigenvalue weighted by Crippen LogP contribution is 2.27. The van der Waals surface area contributed by atoms with Gasteiger partial charge >= 0.3 is 0 Å². The number of nitriles is 1. The van der Waals surface area contributed by atoms with Gasteiger partial charge in [0.15, 0.2) is 0 Å². The summed E-state index contributed by atoms with van der Waals surface area (Å²) in [5.74, 6) is 1.45. The predicted molar refractivity (Wildman–Crippen MR) is 113 cm³/mol. The van der Waals surface area contributed by atoms with Crippen LogP contribution < -0.4 is 4.90 Å². The third-order valence-electron chi connectivity index (χ3n) is 6.80. The van der Waals surface area contributed by atoms with Crippen molar-refractivity contribution in [2.75, 3.05) is 64.3 Å². The van der Waals surface area contributed by atoms with Crippen LogP contribution in [0.25, 0.3) is 0 Å². The van der Waals surface area contributed by atoms with Gasteiger partial charge in [-0.25, -0.2) is 4.98 Å². The Morgan fingerprint density at radius 3 is 2.59 bits per heavy atom. The Hall–Kier alpha value is -2.17. The van der Waals surface area contributed by atoms with Crippen LogP contribution in [0.3, 0.4) is 0 Å². The number of hydrogen-bond acceptors (Lipinski definition) is 6. The van der Waals surface area contributed by atoms with Crippen molar-refractivity contribution in [3.63, 3.8) is 0 Å². The number of aromatic nitrogens is 1. The Balaban J connectivity index is 1.30. The molecule has 3 saturated heterocycles. The Morgan fingerprint density at radius 2 is 1.86 bits per heavy atom. The van der Waals surface area contributed by atoms with E-state index >= 15 is 0 Å². The van der Waals surface area contributed by atoms with E-state index in [1.54, 1.807) is 12.3 Å². The van der Waals surface area contributed by atoms with E-state index in [-0.39, 0.29) is 5.92 Å². The van der Waals surface area contributed by atoms with Gasteiger partial charge in [0.2, 0.25) is 5.91 Å². The van der Waals surface area contributed by atoms with Crippen molar-refractivity contribution in [3.05, 3.63) is 23.9 Å². The number of likely N-dealkylation sites (tertiary alicyclic amines) is 1. The first-order valence-electron chi connectivity index (χ1n) is 11.0. The molecular formula is C22H32N6O. The molecule has 1 amide bonds. The number of hydrogen-bond donors (Lipinski definition) is 0. The average Bonchev–Trinajstić information content (AvgIpc) is 2.79. The van der Waals surface area contributed by atoms with Crippen LogP contribution in [-0.2, 0) is 4.79 Å². The molecule has 0 radical (unpaired) electrons. The molecule has 0 spiro atoms. The van der Waals surface area contributed by atoms with E-state index in [0.29, 0.717) is 17.5 Å². The van der Waals surface area contributed by atoms with E-state index < -0.39 is 0 Å². The summed E-state index contributed by atoms with van der Waals surface area (Å²) >= 11 is 0. The lowest BCUT2D eigenvalue weighted by Gasteiger charge is -2.43. The summed E-state index contributed by atoms with van der Waals surface area (Å²) in [7, 11) is 2.13. The largest absolute Gasteiger partial charge is 0.356 e. The number of pyridine rings is 1. The molecule has 1 aromatic rings. The number of piperidine rings is 2. The van der Waals surface area contributed by atoms with Gasteiger partial charge in [0.1, 0.15) is 5.82 Å². The molecule has 0 aromatic carbocycles. The second kappa shape index (κ2) is 9.10. The molecule has 0 N–H and O–H groups in total. The van der Waals surface area contributed by atoms with Crippen LogP contribution >= 0.6 is 0 Å². The van der Waals surface area contributed by atoms with E-state index in [1.807, 2.05) is 6.07 Å². The molecule has 3 fully saturated rings. The molecule has 7 nitrogen and oxygen atoms in total. The fourth-order valence-electron chi connectivity index (χ4n) is 4.95. The number of anilines is 1. The van der Waals surface area contributed by atoms with Crippen LogP contribution in [0.1, 0.15) is 31.2 Å². The van der Waals surface area contributed by atoms with E-state index in [4.69, 9.17) is 5.26 Å². The Kier molecular flexibility index (Phi) is 6.31. The van der Waals surface area contributed by atoms with Gasteiger partial charge in [-0.3, -0.25) is 9.69 Å². The van der Waals surface area contributed by atoms with Crippen LogP contribution in [0.2, 0.25) is 0 Å². The zero-order chi connectivity index (χ0) is 20.2. The molecule has 0 aliphatic carbocycles. The van der Waals surface area contributed by atoms with Crippen LogP contribution in [-0.4, -0.2) is 91.0 Å². The molecule has 1 aromatic heterocycles. The molecule has 0 unspecified atom stereocenters. The number of carbonyl (C=O) groups excluding carboxylic acids is 1. The number of carbonyl (C=O) groups is 1. The lowest BCUT2D eigenvalue weighted by molar-refractivity contribution is -0.139. The topological polar surface area (TPSA) is 66.7 Å². The maximum Gasteiger partial charge on any atom is 0.227 e. The number of piperazine rings is 1. The minimum absolute atomic E-state index is 0.166. The van der Waals surface area contributed by atoms with Gasteiger partial charge in [-0.2, -0.15) is 5.26 Å². The summed E-state index contributed by atoms with van der Waals surface area (Å²) in [4.78, 5) is 26.7. The maximum absolute atomic E-state index is 13.0. The van der Waals surface area contributed by atoms with E-state index in [0.717, 1.165) is 83.9 Å². The smallest absolute Gasteiger partial charge is 0.227 e. The van der Waals surface area contributed by atoms with Gasteiger partial charge in [-0.15, -0.1) is 0 Å². The van der Waals surface area contributed by atoms with Crippen LogP contribution in [0, 0.1) is 17.2 Å². The van der Waals surface area contributed by atoms with Gasteiger partial charge in [-0.05, 0) is 51.4 Å². The van der Waals surface area contributed by atoms with Crippen LogP contribution in [0.15, 0.2) is 18.3 Å². The summed E-state index contributed by atoms with van der Waals surface area (Å²) in [6.45, 7) is 7.67. The minimum Gasteiger partial charge on any atom is -0.356 e. The third kappa shape index (κ3) is 4.71. The standard InChI is InChI=1S/C22H32N6O/c1-25-11-13-27(14-12-25)22(29)19-3-2-8-28(17-19)20-5-9-26(10-6-20)21-15-18(16-23)4-7-24-21/h4,7,15,19-20H,2-3,5-6,8-14,17H2,1H3/t19-/m0/s1. The summed E-state index contributed by atoms with van der Waals surface area (Å²) in [6, 6.07) is 6.38. The monoisotopic (exact) mass is 396 g/mol. The summed E-state index contributed by atoms with van der Waals surface area (Å²) in [5.41, 5.74) is 0.665. The lowest BCUT2D eigenvalue weighted by atomic mass is 9.92. The van der Waals surface area contributed by atoms with Gasteiger partial charge in [0, 0.05) is 58.1 Å². The quantitative estimate of drug-likeness (QED) is 0.770. The van der Waals surface area contributed by atoms with Crippen molar-refractivity contribution in [3.8, 4) is 6.07 Å². The molecule has 29 heavy (non-hydrogen) atoms. The molecule has 7 heteroatoms. The number of nitrogens with zero attached hydrogens (tertiary/aromatic N) is 6. The number of likely N-dealkylation sites (N-methyl/N-ethyl adjacent to an activating group) is 1. The van der Waals surface area contributed by atoms with Gasteiger partial charge in [0.05, 0.1) is 17.6 Å². The van der Waals surface area contributed by atoms with E-state index in [2.05, 4.69) is 37.7 Å². The number of rotatable bonds is 3. The average molecular weight is 397 g/mol. The first-order valence-corrected chi connectivity index (χ1v) is 11.0. The van der Waals surface area contributed by atoms with Crippen molar-refractivity contribution < 1.29 is 4.79 Å². The second-order valence-corrected chi connectivity index (χ2v) is 8.70. The highest BCUT2D eigenvalue weighted by molar-refractivity contribution is 5.79. The number of amides is 1. The van der Waals surface area contributed by atoms with Crippen molar-refractivity contribution in [1.29, 1.82) is 5.26 Å². The first-order chi connectivity index (χ1) is 14.1. The van der Waals surface area contributed by atoms with E-state index in [9.17, 15) is 4.79 Å². The highest BCUT2D eigenvalue weighted by atomic mass is 16.2. The van der Waals surface area contributed by atoms with E-state index in [1.165, 1.54) is 0 Å². The van der Waals surface area contributed by atoms with Crippen molar-refractivity contribution in [1.82, 2.24) is 19.7 Å². The van der Waals surface area contributed by atoms with Crippen molar-refractivity contribution >= 4 is 11.7 Å². The predicted octanol–water partition coefficient (Wildman–Crippen LogP) is 1.41. The minimum atomic E-state index is 0.166. The fourth-order valence-corrected chi connectivity index (χ4v) is 4.95. The van der Waals surface area contributed by atoms with Crippen LogP contribution in [0.4, 0.5) is 5.82 Å². The molecular weight excluding hydrogens is 364 g/mol. The Morgan fingerprint density at radius 1 is 1.10 bits per heavy atom. The Labute approximate surface area is 173 Å². The molecule has 0 bridgehead atoms. The SMILES string of the molecule is CN1CCN(C(=O)[C@H]2CCCN(C3CCN(c4cc(C#N)ccn4)CC3)C2)CC1. The summed E-state index contributed by atoms with van der Waals surface area (Å²) in [5, 5.41) is 9.11. The summed E-state index contributed by atoms with van der Waals surface area (Å²) in [6.07, 6.45) is 6.06. The zero-order valence-electron chi connectivity index (χ0n) is 17.5. The highest BCUT2D eigenvalue weighted by Gasteiger charge is 2.34. The molecule has 0 saturated carbocycles. The van der Waals surface area contributed by atoms with Gasteiger partial charge in [-0.1, -0.05) is 0 Å². The van der Waals surface area contributed by atoms with Crippen LogP contribution in [0.5, 0.6) is 0 Å². The third-order valence-corrected chi connectivity index (χ3v) is 6.80. The zero-order valence-corrected chi connectivity index (χ0v) is 17.5. The summed E-state index contributed by atoms with van der Waals surface area (Å²) < 4.78 is 0. The molecule has 1 atom stereocenters. The van der Waals surface area contributed by atoms with Crippen molar-refractivity contribution in [2.24, 2.45) is 5.92 Å². The first kappa shape index (κ1) is 20.1.